The van der Waals surface area contributed by atoms with Crippen LogP contribution in [-0.2, 0) is 20.7 Å². The van der Waals surface area contributed by atoms with Crippen LogP contribution in [0.3, 0.4) is 0 Å². The summed E-state index contributed by atoms with van der Waals surface area (Å²) in [7, 11) is 0. The van der Waals surface area contributed by atoms with E-state index >= 15 is 0 Å². The molecule has 1 N–H and O–H groups in total. The lowest BCUT2D eigenvalue weighted by Gasteiger charge is -2.30. The van der Waals surface area contributed by atoms with E-state index in [4.69, 9.17) is 4.74 Å². The Morgan fingerprint density at radius 3 is 2.10 bits per heavy atom. The van der Waals surface area contributed by atoms with E-state index in [1.807, 2.05) is 58.0 Å². The van der Waals surface area contributed by atoms with Crippen LogP contribution in [0.25, 0.3) is 0 Å². The molecule has 0 aromatic heterocycles. The minimum atomic E-state index is -0.651. The molecule has 0 heterocycles. The van der Waals surface area contributed by atoms with E-state index in [-0.39, 0.29) is 42.5 Å². The van der Waals surface area contributed by atoms with Gasteiger partial charge in [0, 0.05) is 12.1 Å². The highest BCUT2D eigenvalue weighted by atomic mass is 16.5. The first-order chi connectivity index (χ1) is 13.8. The van der Waals surface area contributed by atoms with E-state index in [9.17, 15) is 14.4 Å². The van der Waals surface area contributed by atoms with Crippen molar-refractivity contribution in [1.82, 2.24) is 4.90 Å². The lowest BCUT2D eigenvalue weighted by molar-refractivity contribution is -0.138. The summed E-state index contributed by atoms with van der Waals surface area (Å²) in [5, 5.41) is 2.75. The number of amides is 2. The molecular formula is C23H28N2O4. The van der Waals surface area contributed by atoms with Crippen molar-refractivity contribution in [3.63, 3.8) is 0 Å². The van der Waals surface area contributed by atoms with Crippen LogP contribution in [0.4, 0.5) is 5.69 Å². The third kappa shape index (κ3) is 6.45. The number of para-hydroxylation sites is 1. The van der Waals surface area contributed by atoms with Gasteiger partial charge in [-0.25, -0.2) is 4.79 Å². The van der Waals surface area contributed by atoms with Gasteiger partial charge < -0.3 is 15.0 Å². The first-order valence-electron chi connectivity index (χ1n) is 9.70. The van der Waals surface area contributed by atoms with Crippen molar-refractivity contribution in [2.75, 3.05) is 11.9 Å². The van der Waals surface area contributed by atoms with E-state index in [1.54, 1.807) is 29.2 Å². The van der Waals surface area contributed by atoms with Crippen LogP contribution in [0.1, 0.15) is 43.6 Å². The maximum atomic E-state index is 12.5. The van der Waals surface area contributed by atoms with Gasteiger partial charge in [-0.3, -0.25) is 9.59 Å². The Morgan fingerprint density at radius 2 is 1.48 bits per heavy atom. The lowest BCUT2D eigenvalue weighted by atomic mass is 10.1. The molecule has 154 valence electrons. The minimum Gasteiger partial charge on any atom is -0.452 e. The van der Waals surface area contributed by atoms with Gasteiger partial charge in [0.05, 0.1) is 17.7 Å². The Kier molecular flexibility index (Phi) is 7.95. The molecule has 2 amide bonds. The number of ether oxygens (including phenoxy) is 1. The lowest BCUT2D eigenvalue weighted by Crippen LogP contribution is -2.44. The zero-order valence-electron chi connectivity index (χ0n) is 17.3. The molecule has 6 nitrogen and oxygen atoms in total. The molecule has 0 radical (unpaired) electrons. The van der Waals surface area contributed by atoms with Crippen LogP contribution in [0.2, 0.25) is 0 Å². The fourth-order valence-electron chi connectivity index (χ4n) is 3.20. The quantitative estimate of drug-likeness (QED) is 0.691. The topological polar surface area (TPSA) is 75.7 Å². The summed E-state index contributed by atoms with van der Waals surface area (Å²) >= 11 is 0. The monoisotopic (exact) mass is 396 g/mol. The Hall–Kier alpha value is -3.15. The molecule has 0 unspecified atom stereocenters. The Labute approximate surface area is 171 Å². The number of anilines is 1. The standard InChI is InChI=1S/C23H28N2O4/c1-16(2)25(17(3)4)22(27)15-29-23(28)19-12-8-9-13-20(19)24-21(26)14-18-10-6-5-7-11-18/h5-13,16-17H,14-15H2,1-4H3,(H,24,26). The molecule has 2 aromatic carbocycles. The van der Waals surface area contributed by atoms with Gasteiger partial charge in [0.15, 0.2) is 6.61 Å². The van der Waals surface area contributed by atoms with Crippen molar-refractivity contribution in [2.24, 2.45) is 0 Å². The number of rotatable bonds is 8. The molecule has 0 aliphatic rings. The Bertz CT molecular complexity index is 839. The highest BCUT2D eigenvalue weighted by Gasteiger charge is 2.22. The van der Waals surface area contributed by atoms with Gasteiger partial charge in [-0.1, -0.05) is 42.5 Å². The minimum absolute atomic E-state index is 0.00534. The van der Waals surface area contributed by atoms with Crippen LogP contribution in [0.5, 0.6) is 0 Å². The molecule has 0 atom stereocenters. The number of carbonyl (C=O) groups is 3. The van der Waals surface area contributed by atoms with Crippen molar-refractivity contribution in [3.05, 3.63) is 65.7 Å². The second kappa shape index (κ2) is 10.4. The number of benzene rings is 2. The summed E-state index contributed by atoms with van der Waals surface area (Å²) in [6.07, 6.45) is 0.195. The number of carbonyl (C=O) groups excluding carboxylic acids is 3. The van der Waals surface area contributed by atoms with E-state index in [1.165, 1.54) is 0 Å². The number of hydrogen-bond donors (Lipinski definition) is 1. The van der Waals surface area contributed by atoms with Crippen LogP contribution < -0.4 is 5.32 Å². The first kappa shape index (κ1) is 22.1. The Balaban J connectivity index is 2.02. The third-order valence-corrected chi connectivity index (χ3v) is 4.36. The van der Waals surface area contributed by atoms with Crippen molar-refractivity contribution in [3.8, 4) is 0 Å². The zero-order chi connectivity index (χ0) is 21.4. The third-order valence-electron chi connectivity index (χ3n) is 4.36. The summed E-state index contributed by atoms with van der Waals surface area (Å²) in [5.74, 6) is -1.14. The fourth-order valence-corrected chi connectivity index (χ4v) is 3.20. The number of nitrogens with one attached hydrogen (secondary N) is 1. The van der Waals surface area contributed by atoms with Gasteiger partial charge in [0.1, 0.15) is 0 Å². The van der Waals surface area contributed by atoms with Crippen LogP contribution in [-0.4, -0.2) is 41.4 Å². The molecule has 2 aromatic rings. The van der Waals surface area contributed by atoms with E-state index in [0.29, 0.717) is 5.69 Å². The van der Waals surface area contributed by atoms with Crippen molar-refractivity contribution in [1.29, 1.82) is 0 Å². The highest BCUT2D eigenvalue weighted by molar-refractivity contribution is 6.02. The van der Waals surface area contributed by atoms with Gasteiger partial charge in [-0.2, -0.15) is 0 Å². The van der Waals surface area contributed by atoms with E-state index < -0.39 is 5.97 Å². The molecule has 29 heavy (non-hydrogen) atoms. The molecule has 0 aliphatic carbocycles. The van der Waals surface area contributed by atoms with Gasteiger partial charge >= 0.3 is 5.97 Å². The van der Waals surface area contributed by atoms with Gasteiger partial charge in [0.2, 0.25) is 5.91 Å². The largest absolute Gasteiger partial charge is 0.452 e. The SMILES string of the molecule is CC(C)N(C(=O)COC(=O)c1ccccc1NC(=O)Cc1ccccc1)C(C)C. The van der Waals surface area contributed by atoms with E-state index in [2.05, 4.69) is 5.32 Å². The second-order valence-corrected chi connectivity index (χ2v) is 7.32. The van der Waals surface area contributed by atoms with Crippen LogP contribution in [0.15, 0.2) is 54.6 Å². The average Bonchev–Trinajstić information content (AvgIpc) is 2.66. The first-order valence-corrected chi connectivity index (χ1v) is 9.70. The average molecular weight is 396 g/mol. The molecule has 0 fully saturated rings. The molecule has 0 bridgehead atoms. The molecule has 0 aliphatic heterocycles. The Morgan fingerprint density at radius 1 is 0.897 bits per heavy atom. The fraction of sp³-hybridized carbons (Fsp3) is 0.348. The molecule has 0 spiro atoms. The highest BCUT2D eigenvalue weighted by Crippen LogP contribution is 2.17. The van der Waals surface area contributed by atoms with E-state index in [0.717, 1.165) is 5.56 Å². The van der Waals surface area contributed by atoms with Gasteiger partial charge in [0.25, 0.3) is 5.91 Å². The van der Waals surface area contributed by atoms with Crippen LogP contribution in [0, 0.1) is 0 Å². The summed E-state index contributed by atoms with van der Waals surface area (Å²) in [6, 6.07) is 15.9. The summed E-state index contributed by atoms with van der Waals surface area (Å²) < 4.78 is 5.23. The normalized spacial score (nSPS) is 10.7. The summed E-state index contributed by atoms with van der Waals surface area (Å²) in [4.78, 5) is 38.9. The van der Waals surface area contributed by atoms with Crippen molar-refractivity contribution >= 4 is 23.5 Å². The van der Waals surface area contributed by atoms with Crippen molar-refractivity contribution in [2.45, 2.75) is 46.2 Å². The second-order valence-electron chi connectivity index (χ2n) is 7.32. The maximum Gasteiger partial charge on any atom is 0.340 e. The van der Waals surface area contributed by atoms with Gasteiger partial charge in [-0.15, -0.1) is 0 Å². The number of hydrogen-bond acceptors (Lipinski definition) is 4. The van der Waals surface area contributed by atoms with Crippen molar-refractivity contribution < 1.29 is 19.1 Å². The molecule has 2 rings (SSSR count). The maximum absolute atomic E-state index is 12.5. The predicted octanol–water partition coefficient (Wildman–Crippen LogP) is 3.67. The summed E-state index contributed by atoms with van der Waals surface area (Å²) in [6.45, 7) is 7.31. The number of nitrogens with zero attached hydrogens (tertiary/aromatic N) is 1. The van der Waals surface area contributed by atoms with Gasteiger partial charge in [-0.05, 0) is 45.4 Å². The molecular weight excluding hydrogens is 368 g/mol. The number of esters is 1. The molecule has 0 saturated carbocycles. The smallest absolute Gasteiger partial charge is 0.340 e. The predicted molar refractivity (Wildman–Crippen MR) is 113 cm³/mol. The molecule has 0 saturated heterocycles. The summed E-state index contributed by atoms with van der Waals surface area (Å²) in [5.41, 5.74) is 1.44. The molecule has 6 heteroatoms. The zero-order valence-corrected chi connectivity index (χ0v) is 17.3. The van der Waals surface area contributed by atoms with Crippen LogP contribution >= 0.6 is 0 Å².